The van der Waals surface area contributed by atoms with Crippen molar-refractivity contribution in [2.45, 2.75) is 0 Å². The third kappa shape index (κ3) is 4.09. The molecule has 248 valence electrons. The Morgan fingerprint density at radius 1 is 0.333 bits per heavy atom. The fourth-order valence-corrected chi connectivity index (χ4v) is 7.36. The minimum absolute atomic E-state index is 0.00232. The quantitative estimate of drug-likeness (QED) is 0.0515. The zero-order valence-corrected chi connectivity index (χ0v) is 26.4. The zero-order valence-electron chi connectivity index (χ0n) is 26.4. The predicted molar refractivity (Wildman–Crippen MR) is 196 cm³/mol. The van der Waals surface area contributed by atoms with E-state index in [0.29, 0.717) is 22.1 Å². The maximum Gasteiger partial charge on any atom is 0.204 e. The van der Waals surface area contributed by atoms with E-state index in [1.54, 1.807) is 48.5 Å². The monoisotopic (exact) mass is 674 g/mol. The molecule has 51 heavy (non-hydrogen) atoms. The average molecular weight is 675 g/mol. The Morgan fingerprint density at radius 2 is 0.804 bits per heavy atom. The van der Waals surface area contributed by atoms with E-state index >= 15 is 0 Å². The largest absolute Gasteiger partial charge is 0.504 e. The van der Waals surface area contributed by atoms with Crippen LogP contribution in [0.5, 0.6) is 46.0 Å². The van der Waals surface area contributed by atoms with Gasteiger partial charge in [0.05, 0.1) is 0 Å². The van der Waals surface area contributed by atoms with E-state index in [2.05, 4.69) is 0 Å². The lowest BCUT2D eigenvalue weighted by Crippen LogP contribution is -1.95. The Balaban J connectivity index is 1.39. The molecule has 9 nitrogen and oxygen atoms in total. The van der Waals surface area contributed by atoms with Crippen LogP contribution in [0.1, 0.15) is 0 Å². The summed E-state index contributed by atoms with van der Waals surface area (Å²) >= 11 is 0. The van der Waals surface area contributed by atoms with E-state index in [-0.39, 0.29) is 32.7 Å². The van der Waals surface area contributed by atoms with Crippen LogP contribution in [-0.2, 0) is 0 Å². The van der Waals surface area contributed by atoms with Gasteiger partial charge in [0, 0.05) is 43.4 Å². The van der Waals surface area contributed by atoms with Crippen LogP contribution in [0.15, 0.2) is 114 Å². The fraction of sp³-hybridized carbons (Fsp3) is 0. The SMILES string of the molecule is Oc1c(O)c(O)c2c(-c3cccc4ccccc34)c3c(O)c(O)c(O)c(O)c3c(-c3ccc(-c4ccc5c(c4)oc4ccccc45)cc3)c2c1O. The number of aromatic hydroxyl groups is 8. The zero-order chi connectivity index (χ0) is 35.3. The van der Waals surface area contributed by atoms with Gasteiger partial charge in [0.2, 0.25) is 23.0 Å². The highest BCUT2D eigenvalue weighted by Gasteiger charge is 2.32. The Hall–Kier alpha value is -7.26. The van der Waals surface area contributed by atoms with Crippen LogP contribution in [0, 0.1) is 0 Å². The topological polar surface area (TPSA) is 175 Å². The third-order valence-corrected chi connectivity index (χ3v) is 9.74. The third-order valence-electron chi connectivity index (χ3n) is 9.74. The van der Waals surface area contributed by atoms with Gasteiger partial charge >= 0.3 is 0 Å². The maximum absolute atomic E-state index is 11.5. The molecule has 9 aromatic rings. The molecular formula is C42H26O9. The Bertz CT molecular complexity index is 2860. The van der Waals surface area contributed by atoms with E-state index in [9.17, 15) is 40.9 Å². The minimum atomic E-state index is -1.02. The van der Waals surface area contributed by atoms with Gasteiger partial charge in [-0.05, 0) is 51.2 Å². The summed E-state index contributed by atoms with van der Waals surface area (Å²) < 4.78 is 6.08. The predicted octanol–water partition coefficient (Wildman–Crippen LogP) is 9.69. The highest BCUT2D eigenvalue weighted by Crippen LogP contribution is 2.62. The summed E-state index contributed by atoms with van der Waals surface area (Å²) in [6.07, 6.45) is 0. The molecule has 8 aromatic carbocycles. The second-order valence-electron chi connectivity index (χ2n) is 12.5. The van der Waals surface area contributed by atoms with Crippen molar-refractivity contribution in [3.05, 3.63) is 109 Å². The lowest BCUT2D eigenvalue weighted by atomic mass is 9.82. The normalized spacial score (nSPS) is 11.8. The molecular weight excluding hydrogens is 648 g/mol. The lowest BCUT2D eigenvalue weighted by Gasteiger charge is -2.23. The molecule has 0 spiro atoms. The molecule has 0 saturated carbocycles. The minimum Gasteiger partial charge on any atom is -0.504 e. The summed E-state index contributed by atoms with van der Waals surface area (Å²) in [4.78, 5) is 0. The highest BCUT2D eigenvalue weighted by molar-refractivity contribution is 6.30. The molecule has 1 aromatic heterocycles. The summed E-state index contributed by atoms with van der Waals surface area (Å²) in [7, 11) is 0. The number of rotatable bonds is 3. The molecule has 1 heterocycles. The number of furan rings is 1. The second kappa shape index (κ2) is 10.6. The molecule has 0 aliphatic carbocycles. The van der Waals surface area contributed by atoms with E-state index in [4.69, 9.17) is 4.42 Å². The van der Waals surface area contributed by atoms with Crippen molar-refractivity contribution in [1.29, 1.82) is 0 Å². The number of phenolic OH excluding ortho intramolecular Hbond substituents is 8. The van der Waals surface area contributed by atoms with Crippen LogP contribution in [0.3, 0.4) is 0 Å². The summed E-state index contributed by atoms with van der Waals surface area (Å²) in [6, 6.07) is 33.0. The number of phenols is 8. The Kier molecular flexibility index (Phi) is 6.21. The van der Waals surface area contributed by atoms with Crippen molar-refractivity contribution >= 4 is 54.3 Å². The molecule has 8 N–H and O–H groups in total. The van der Waals surface area contributed by atoms with Crippen molar-refractivity contribution in [2.24, 2.45) is 0 Å². The van der Waals surface area contributed by atoms with E-state index < -0.39 is 46.0 Å². The average Bonchev–Trinajstić information content (AvgIpc) is 3.54. The van der Waals surface area contributed by atoms with Crippen molar-refractivity contribution in [3.63, 3.8) is 0 Å². The van der Waals surface area contributed by atoms with Gasteiger partial charge in [-0.3, -0.25) is 0 Å². The molecule has 9 rings (SSSR count). The molecule has 0 bridgehead atoms. The molecule has 0 atom stereocenters. The molecule has 0 saturated heterocycles. The lowest BCUT2D eigenvalue weighted by molar-refractivity contribution is 0.350. The smallest absolute Gasteiger partial charge is 0.204 e. The molecule has 9 heteroatoms. The van der Waals surface area contributed by atoms with E-state index in [1.807, 2.05) is 60.7 Å². The van der Waals surface area contributed by atoms with E-state index in [1.165, 1.54) is 0 Å². The number of hydrogen-bond donors (Lipinski definition) is 8. The van der Waals surface area contributed by atoms with Gasteiger partial charge in [-0.1, -0.05) is 91.0 Å². The van der Waals surface area contributed by atoms with Gasteiger partial charge in [-0.15, -0.1) is 0 Å². The molecule has 0 radical (unpaired) electrons. The standard InChI is InChI=1S/C42H26O9/c43-35-31-29(21-14-12-19(13-15-21)22-16-17-25-24-9-3-4-11-27(24)51-28(25)18-22)32-34(38(46)42(50)40(48)36(32)44)30(33(31)37(45)41(49)39(35)47)26-10-5-7-20-6-1-2-8-23(20)26/h1-18,43-50H. The van der Waals surface area contributed by atoms with Gasteiger partial charge in [-0.25, -0.2) is 0 Å². The second-order valence-corrected chi connectivity index (χ2v) is 12.5. The molecule has 0 aliphatic rings. The van der Waals surface area contributed by atoms with Crippen molar-refractivity contribution in [2.75, 3.05) is 0 Å². The summed E-state index contributed by atoms with van der Waals surface area (Å²) in [5, 5.41) is 92.1. The van der Waals surface area contributed by atoms with Gasteiger partial charge in [0.25, 0.3) is 0 Å². The van der Waals surface area contributed by atoms with Crippen molar-refractivity contribution < 1.29 is 45.3 Å². The van der Waals surface area contributed by atoms with Crippen molar-refractivity contribution in [1.82, 2.24) is 0 Å². The molecule has 0 unspecified atom stereocenters. The number of hydrogen-bond acceptors (Lipinski definition) is 9. The van der Waals surface area contributed by atoms with Crippen LogP contribution in [0.2, 0.25) is 0 Å². The van der Waals surface area contributed by atoms with Gasteiger partial charge < -0.3 is 45.3 Å². The summed E-state index contributed by atoms with van der Waals surface area (Å²) in [5.74, 6) is -7.39. The fourth-order valence-electron chi connectivity index (χ4n) is 7.36. The number of benzene rings is 8. The first kappa shape index (κ1) is 29.8. The van der Waals surface area contributed by atoms with Gasteiger partial charge in [-0.2, -0.15) is 0 Å². The number of fused-ring (bicyclic) bond motifs is 6. The van der Waals surface area contributed by atoms with E-state index in [0.717, 1.165) is 32.9 Å². The Morgan fingerprint density at radius 3 is 1.43 bits per heavy atom. The summed E-state index contributed by atoms with van der Waals surface area (Å²) in [6.45, 7) is 0. The van der Waals surface area contributed by atoms with Gasteiger partial charge in [0.1, 0.15) is 11.2 Å². The first-order valence-corrected chi connectivity index (χ1v) is 15.9. The number of para-hydroxylation sites is 1. The van der Waals surface area contributed by atoms with Crippen LogP contribution in [0.25, 0.3) is 87.6 Å². The highest BCUT2D eigenvalue weighted by atomic mass is 16.4. The van der Waals surface area contributed by atoms with Crippen LogP contribution in [0.4, 0.5) is 0 Å². The molecule has 0 fully saturated rings. The van der Waals surface area contributed by atoms with Gasteiger partial charge in [0.15, 0.2) is 23.0 Å². The maximum atomic E-state index is 11.5. The summed E-state index contributed by atoms with van der Waals surface area (Å²) in [5.41, 5.74) is 3.76. The molecule has 0 aliphatic heterocycles. The van der Waals surface area contributed by atoms with Crippen LogP contribution >= 0.6 is 0 Å². The first-order chi connectivity index (χ1) is 24.7. The van der Waals surface area contributed by atoms with Crippen LogP contribution < -0.4 is 0 Å². The first-order valence-electron chi connectivity index (χ1n) is 15.9. The molecule has 0 amide bonds. The Labute approximate surface area is 287 Å². The van der Waals surface area contributed by atoms with Crippen LogP contribution in [-0.4, -0.2) is 40.9 Å². The van der Waals surface area contributed by atoms with Crippen molar-refractivity contribution in [3.8, 4) is 79.4 Å².